The molecule has 1 aliphatic heterocycles. The maximum absolute atomic E-state index is 6.32. The molecule has 2 unspecified atom stereocenters. The van der Waals surface area contributed by atoms with E-state index in [1.807, 2.05) is 0 Å². The average Bonchev–Trinajstić information content (AvgIpc) is 3.12. The molecular weight excluding hydrogens is 222 g/mol. The number of hydrogen-bond donors (Lipinski definition) is 1. The Balaban J connectivity index is 1.90. The number of ether oxygens (including phenoxy) is 1. The second-order valence-corrected chi connectivity index (χ2v) is 6.29. The van der Waals surface area contributed by atoms with Crippen LogP contribution in [0.1, 0.15) is 49.8 Å². The van der Waals surface area contributed by atoms with E-state index in [0.29, 0.717) is 6.04 Å². The van der Waals surface area contributed by atoms with Gasteiger partial charge in [0, 0.05) is 18.0 Å². The van der Waals surface area contributed by atoms with Gasteiger partial charge in [0.25, 0.3) is 0 Å². The number of rotatable bonds is 3. The maximum atomic E-state index is 6.32. The van der Waals surface area contributed by atoms with Gasteiger partial charge in [-0.3, -0.25) is 0 Å². The van der Waals surface area contributed by atoms with Crippen molar-refractivity contribution in [1.29, 1.82) is 0 Å². The number of fused-ring (bicyclic) bond motifs is 1. The van der Waals surface area contributed by atoms with Gasteiger partial charge < -0.3 is 10.1 Å². The molecule has 18 heavy (non-hydrogen) atoms. The van der Waals surface area contributed by atoms with Crippen molar-refractivity contribution in [3.63, 3.8) is 0 Å². The second kappa shape index (κ2) is 4.27. The fourth-order valence-corrected chi connectivity index (χ4v) is 3.20. The van der Waals surface area contributed by atoms with E-state index >= 15 is 0 Å². The van der Waals surface area contributed by atoms with Gasteiger partial charge in [-0.1, -0.05) is 30.5 Å². The van der Waals surface area contributed by atoms with E-state index in [2.05, 4.69) is 44.4 Å². The van der Waals surface area contributed by atoms with Crippen molar-refractivity contribution in [2.75, 3.05) is 7.05 Å². The molecule has 1 aromatic carbocycles. The Hall–Kier alpha value is -1.02. The van der Waals surface area contributed by atoms with Gasteiger partial charge in [0.2, 0.25) is 0 Å². The molecular formula is C16H23NO. The van der Waals surface area contributed by atoms with Crippen LogP contribution >= 0.6 is 0 Å². The third-order valence-corrected chi connectivity index (χ3v) is 4.30. The van der Waals surface area contributed by atoms with Crippen LogP contribution in [0, 0.1) is 12.8 Å². The minimum atomic E-state index is 0.0110. The summed E-state index contributed by atoms with van der Waals surface area (Å²) >= 11 is 0. The molecule has 0 spiro atoms. The average molecular weight is 245 g/mol. The summed E-state index contributed by atoms with van der Waals surface area (Å²) in [7, 11) is 2.06. The molecule has 98 valence electrons. The highest BCUT2D eigenvalue weighted by atomic mass is 16.5. The Labute approximate surface area is 110 Å². The molecule has 1 aliphatic carbocycles. The van der Waals surface area contributed by atoms with Crippen LogP contribution < -0.4 is 10.1 Å². The van der Waals surface area contributed by atoms with Crippen LogP contribution in [-0.4, -0.2) is 12.6 Å². The van der Waals surface area contributed by atoms with Crippen molar-refractivity contribution >= 4 is 0 Å². The number of benzene rings is 1. The molecule has 1 saturated carbocycles. The van der Waals surface area contributed by atoms with Crippen molar-refractivity contribution < 1.29 is 4.74 Å². The largest absolute Gasteiger partial charge is 0.487 e. The highest BCUT2D eigenvalue weighted by Crippen LogP contribution is 2.46. The lowest BCUT2D eigenvalue weighted by molar-refractivity contribution is 0.0357. The zero-order chi connectivity index (χ0) is 12.8. The van der Waals surface area contributed by atoms with Gasteiger partial charge in [-0.2, -0.15) is 0 Å². The predicted molar refractivity (Wildman–Crippen MR) is 74.0 cm³/mol. The summed E-state index contributed by atoms with van der Waals surface area (Å²) in [5, 5.41) is 3.46. The minimum absolute atomic E-state index is 0.0110. The van der Waals surface area contributed by atoms with E-state index in [4.69, 9.17) is 4.74 Å². The van der Waals surface area contributed by atoms with Gasteiger partial charge in [-0.05, 0) is 39.3 Å². The monoisotopic (exact) mass is 245 g/mol. The third-order valence-electron chi connectivity index (χ3n) is 4.30. The first-order valence-electron chi connectivity index (χ1n) is 7.06. The molecule has 0 saturated heterocycles. The molecule has 2 nitrogen and oxygen atoms in total. The number of hydrogen-bond acceptors (Lipinski definition) is 2. The van der Waals surface area contributed by atoms with E-state index in [1.165, 1.54) is 30.4 Å². The van der Waals surface area contributed by atoms with Gasteiger partial charge in [0.1, 0.15) is 11.4 Å². The summed E-state index contributed by atoms with van der Waals surface area (Å²) in [6.07, 6.45) is 5.07. The Morgan fingerprint density at radius 3 is 2.83 bits per heavy atom. The first kappa shape index (κ1) is 12.0. The van der Waals surface area contributed by atoms with Gasteiger partial charge >= 0.3 is 0 Å². The highest BCUT2D eigenvalue weighted by molar-refractivity contribution is 5.41. The van der Waals surface area contributed by atoms with Crippen molar-refractivity contribution in [3.8, 4) is 5.75 Å². The Kier molecular flexibility index (Phi) is 2.86. The van der Waals surface area contributed by atoms with Crippen LogP contribution in [0.25, 0.3) is 0 Å². The molecule has 2 atom stereocenters. The molecule has 2 aliphatic rings. The lowest BCUT2D eigenvalue weighted by Crippen LogP contribution is -2.41. The third kappa shape index (κ3) is 2.26. The van der Waals surface area contributed by atoms with Crippen LogP contribution in [0.2, 0.25) is 0 Å². The standard InChI is InChI=1S/C16H23NO/c1-11-4-7-15-13(8-11)14(17-3)10-16(2,18-15)9-12-5-6-12/h4,7-8,12,14,17H,5-6,9-10H2,1-3H3. The quantitative estimate of drug-likeness (QED) is 0.878. The van der Waals surface area contributed by atoms with Gasteiger partial charge in [-0.15, -0.1) is 0 Å². The molecule has 1 heterocycles. The Morgan fingerprint density at radius 1 is 1.39 bits per heavy atom. The Morgan fingerprint density at radius 2 is 2.17 bits per heavy atom. The summed E-state index contributed by atoms with van der Waals surface area (Å²) in [5.41, 5.74) is 2.64. The summed E-state index contributed by atoms with van der Waals surface area (Å²) in [6, 6.07) is 6.97. The van der Waals surface area contributed by atoms with Crippen molar-refractivity contribution in [1.82, 2.24) is 5.32 Å². The van der Waals surface area contributed by atoms with Crippen LogP contribution in [0.3, 0.4) is 0 Å². The molecule has 1 N–H and O–H groups in total. The molecule has 2 heteroatoms. The molecule has 0 bridgehead atoms. The maximum Gasteiger partial charge on any atom is 0.124 e. The first-order chi connectivity index (χ1) is 8.59. The lowest BCUT2D eigenvalue weighted by Gasteiger charge is -2.40. The molecule has 3 rings (SSSR count). The van der Waals surface area contributed by atoms with Crippen LogP contribution in [0.4, 0.5) is 0 Å². The fourth-order valence-electron chi connectivity index (χ4n) is 3.20. The Bertz CT molecular complexity index is 452. The van der Waals surface area contributed by atoms with Gasteiger partial charge in [0.15, 0.2) is 0 Å². The summed E-state index contributed by atoms with van der Waals surface area (Å²) in [4.78, 5) is 0. The predicted octanol–water partition coefficient (Wildman–Crippen LogP) is 3.60. The van der Waals surface area contributed by atoms with E-state index in [-0.39, 0.29) is 5.60 Å². The molecule has 1 aromatic rings. The van der Waals surface area contributed by atoms with Crippen molar-refractivity contribution in [2.24, 2.45) is 5.92 Å². The van der Waals surface area contributed by atoms with Crippen LogP contribution in [0.5, 0.6) is 5.75 Å². The first-order valence-corrected chi connectivity index (χ1v) is 7.06. The molecule has 0 radical (unpaired) electrons. The molecule has 1 fully saturated rings. The van der Waals surface area contributed by atoms with E-state index < -0.39 is 0 Å². The van der Waals surface area contributed by atoms with E-state index in [9.17, 15) is 0 Å². The van der Waals surface area contributed by atoms with Crippen molar-refractivity contribution in [2.45, 2.75) is 51.2 Å². The lowest BCUT2D eigenvalue weighted by atomic mass is 9.84. The SMILES string of the molecule is CNC1CC(C)(CC2CC2)Oc2ccc(C)cc21. The zero-order valence-corrected chi connectivity index (χ0v) is 11.6. The minimum Gasteiger partial charge on any atom is -0.487 e. The van der Waals surface area contributed by atoms with Crippen LogP contribution in [-0.2, 0) is 0 Å². The smallest absolute Gasteiger partial charge is 0.124 e. The highest BCUT2D eigenvalue weighted by Gasteiger charge is 2.40. The van der Waals surface area contributed by atoms with E-state index in [1.54, 1.807) is 0 Å². The summed E-state index contributed by atoms with van der Waals surface area (Å²) in [6.45, 7) is 4.42. The number of aryl methyl sites for hydroxylation is 1. The summed E-state index contributed by atoms with van der Waals surface area (Å²) in [5.74, 6) is 1.98. The van der Waals surface area contributed by atoms with Crippen LogP contribution in [0.15, 0.2) is 18.2 Å². The van der Waals surface area contributed by atoms with Crippen molar-refractivity contribution in [3.05, 3.63) is 29.3 Å². The van der Waals surface area contributed by atoms with Gasteiger partial charge in [-0.25, -0.2) is 0 Å². The van der Waals surface area contributed by atoms with Gasteiger partial charge in [0.05, 0.1) is 0 Å². The summed E-state index contributed by atoms with van der Waals surface area (Å²) < 4.78 is 6.32. The number of nitrogens with one attached hydrogen (secondary N) is 1. The fraction of sp³-hybridized carbons (Fsp3) is 0.625. The second-order valence-electron chi connectivity index (χ2n) is 6.29. The topological polar surface area (TPSA) is 21.3 Å². The van der Waals surface area contributed by atoms with E-state index in [0.717, 1.165) is 18.1 Å². The molecule has 0 amide bonds. The normalized spacial score (nSPS) is 30.7. The molecule has 0 aromatic heterocycles. The zero-order valence-electron chi connectivity index (χ0n) is 11.6.